The van der Waals surface area contributed by atoms with Crippen LogP contribution >= 0.6 is 0 Å². The third-order valence-corrected chi connectivity index (χ3v) is 9.46. The zero-order chi connectivity index (χ0) is 20.4. The maximum atomic E-state index is 3.89. The molecule has 1 heterocycles. The Morgan fingerprint density at radius 1 is 0.500 bits per heavy atom. The van der Waals surface area contributed by atoms with Crippen molar-refractivity contribution in [2.45, 2.75) is 135 Å². The van der Waals surface area contributed by atoms with Crippen molar-refractivity contribution in [3.63, 3.8) is 0 Å². The number of nitrogens with one attached hydrogen (secondary N) is 1. The van der Waals surface area contributed by atoms with Crippen LogP contribution in [-0.4, -0.2) is 6.54 Å². The van der Waals surface area contributed by atoms with Gasteiger partial charge in [-0.05, 0) is 67.0 Å². The van der Waals surface area contributed by atoms with E-state index in [1.807, 2.05) is 5.57 Å². The topological polar surface area (TPSA) is 12.0 Å². The van der Waals surface area contributed by atoms with E-state index in [9.17, 15) is 0 Å². The smallest absolute Gasteiger partial charge is 0.0178 e. The minimum atomic E-state index is 0.893. The van der Waals surface area contributed by atoms with Gasteiger partial charge in [0.15, 0.2) is 0 Å². The standard InChI is InChI=1S/C29H51N/c1-4-10-16-24(17-11-5-1)27-22-30-23-28(25-18-12-6-2-7-13-19-25)29(27)26-20-14-8-3-9-15-21-26/h22,24-26,28-30H,1-21,23H2. The first kappa shape index (κ1) is 22.7. The summed E-state index contributed by atoms with van der Waals surface area (Å²) in [4.78, 5) is 0. The first-order valence-electron chi connectivity index (χ1n) is 14.4. The van der Waals surface area contributed by atoms with E-state index >= 15 is 0 Å². The molecule has 0 radical (unpaired) electrons. The number of hydrogen-bond acceptors (Lipinski definition) is 1. The van der Waals surface area contributed by atoms with Crippen molar-refractivity contribution < 1.29 is 0 Å². The molecule has 4 aliphatic rings. The van der Waals surface area contributed by atoms with Crippen LogP contribution in [0.4, 0.5) is 0 Å². The van der Waals surface area contributed by atoms with E-state index in [2.05, 4.69) is 11.5 Å². The normalized spacial score (nSPS) is 32.5. The molecule has 2 unspecified atom stereocenters. The molecule has 1 aliphatic heterocycles. The van der Waals surface area contributed by atoms with E-state index in [4.69, 9.17) is 0 Å². The molecule has 0 spiro atoms. The molecule has 2 atom stereocenters. The molecule has 30 heavy (non-hydrogen) atoms. The third kappa shape index (κ3) is 6.29. The van der Waals surface area contributed by atoms with Crippen molar-refractivity contribution >= 4 is 0 Å². The van der Waals surface area contributed by atoms with E-state index in [-0.39, 0.29) is 0 Å². The van der Waals surface area contributed by atoms with Gasteiger partial charge in [0.1, 0.15) is 0 Å². The Hall–Kier alpha value is -0.460. The van der Waals surface area contributed by atoms with Crippen LogP contribution in [0.5, 0.6) is 0 Å². The first-order valence-corrected chi connectivity index (χ1v) is 14.4. The van der Waals surface area contributed by atoms with Gasteiger partial charge in [0, 0.05) is 6.54 Å². The van der Waals surface area contributed by atoms with Gasteiger partial charge in [-0.3, -0.25) is 0 Å². The van der Waals surface area contributed by atoms with Gasteiger partial charge in [-0.25, -0.2) is 0 Å². The summed E-state index contributed by atoms with van der Waals surface area (Å²) in [6.07, 6.45) is 34.0. The lowest BCUT2D eigenvalue weighted by atomic mass is 9.62. The van der Waals surface area contributed by atoms with Gasteiger partial charge in [-0.2, -0.15) is 0 Å². The average molecular weight is 414 g/mol. The lowest BCUT2D eigenvalue weighted by molar-refractivity contribution is 0.124. The Morgan fingerprint density at radius 2 is 0.933 bits per heavy atom. The summed E-state index contributed by atoms with van der Waals surface area (Å²) in [5, 5.41) is 3.89. The second kappa shape index (κ2) is 12.5. The Morgan fingerprint density at radius 3 is 1.47 bits per heavy atom. The molecule has 0 amide bonds. The Bertz CT molecular complexity index is 484. The SMILES string of the molecule is C1=C(C2CCCCCCC2)C(C2CCCCCCC2)C(C2CCCCCCC2)CN1. The molecule has 1 heteroatoms. The Labute approximate surface area is 188 Å². The predicted octanol–water partition coefficient (Wildman–Crippen LogP) is 8.79. The molecule has 3 fully saturated rings. The van der Waals surface area contributed by atoms with Gasteiger partial charge in [0.2, 0.25) is 0 Å². The van der Waals surface area contributed by atoms with Gasteiger partial charge in [-0.15, -0.1) is 0 Å². The summed E-state index contributed by atoms with van der Waals surface area (Å²) >= 11 is 0. The highest BCUT2D eigenvalue weighted by molar-refractivity contribution is 5.17. The van der Waals surface area contributed by atoms with Gasteiger partial charge in [0.05, 0.1) is 0 Å². The lowest BCUT2D eigenvalue weighted by Crippen LogP contribution is -2.42. The molecule has 0 saturated heterocycles. The molecular weight excluding hydrogens is 362 g/mol. The highest BCUT2D eigenvalue weighted by Crippen LogP contribution is 2.47. The number of allylic oxidation sites excluding steroid dienone is 1. The fourth-order valence-corrected chi connectivity index (χ4v) is 7.81. The van der Waals surface area contributed by atoms with Crippen molar-refractivity contribution in [3.05, 3.63) is 11.8 Å². The van der Waals surface area contributed by atoms with Crippen LogP contribution in [0, 0.1) is 29.6 Å². The van der Waals surface area contributed by atoms with Crippen LogP contribution in [0.1, 0.15) is 135 Å². The van der Waals surface area contributed by atoms with E-state index in [0.29, 0.717) is 0 Å². The molecule has 1 N–H and O–H groups in total. The molecule has 1 nitrogen and oxygen atoms in total. The third-order valence-electron chi connectivity index (χ3n) is 9.46. The van der Waals surface area contributed by atoms with Crippen molar-refractivity contribution in [3.8, 4) is 0 Å². The Kier molecular flexibility index (Phi) is 9.50. The summed E-state index contributed by atoms with van der Waals surface area (Å²) in [6, 6.07) is 0. The molecule has 0 aromatic rings. The van der Waals surface area contributed by atoms with E-state index < -0.39 is 0 Å². The Balaban J connectivity index is 1.56. The number of hydrogen-bond donors (Lipinski definition) is 1. The van der Waals surface area contributed by atoms with Crippen LogP contribution in [0.15, 0.2) is 11.8 Å². The lowest BCUT2D eigenvalue weighted by Gasteiger charge is -2.46. The molecular formula is C29H51N. The van der Waals surface area contributed by atoms with E-state index in [0.717, 1.165) is 29.6 Å². The summed E-state index contributed by atoms with van der Waals surface area (Å²) in [5.41, 5.74) is 1.92. The molecule has 172 valence electrons. The fraction of sp³-hybridized carbons (Fsp3) is 0.931. The van der Waals surface area contributed by atoms with Crippen molar-refractivity contribution in [1.82, 2.24) is 5.32 Å². The second-order valence-electron chi connectivity index (χ2n) is 11.5. The first-order chi connectivity index (χ1) is 14.9. The minimum absolute atomic E-state index is 0.893. The molecule has 4 rings (SSSR count). The van der Waals surface area contributed by atoms with Crippen LogP contribution in [0.2, 0.25) is 0 Å². The number of rotatable bonds is 3. The fourth-order valence-electron chi connectivity index (χ4n) is 7.81. The van der Waals surface area contributed by atoms with Crippen LogP contribution in [0.3, 0.4) is 0 Å². The van der Waals surface area contributed by atoms with E-state index in [1.54, 1.807) is 0 Å². The van der Waals surface area contributed by atoms with Gasteiger partial charge < -0.3 is 5.32 Å². The zero-order valence-corrected chi connectivity index (χ0v) is 20.0. The second-order valence-corrected chi connectivity index (χ2v) is 11.5. The largest absolute Gasteiger partial charge is 0.391 e. The van der Waals surface area contributed by atoms with E-state index in [1.165, 1.54) is 141 Å². The molecule has 0 aromatic carbocycles. The quantitative estimate of drug-likeness (QED) is 0.487. The molecule has 0 bridgehead atoms. The molecule has 0 aromatic heterocycles. The van der Waals surface area contributed by atoms with Crippen LogP contribution in [-0.2, 0) is 0 Å². The predicted molar refractivity (Wildman–Crippen MR) is 130 cm³/mol. The van der Waals surface area contributed by atoms with Gasteiger partial charge >= 0.3 is 0 Å². The zero-order valence-electron chi connectivity index (χ0n) is 20.0. The van der Waals surface area contributed by atoms with Crippen LogP contribution < -0.4 is 5.32 Å². The summed E-state index contributed by atoms with van der Waals surface area (Å²) in [5.74, 6) is 4.71. The van der Waals surface area contributed by atoms with Crippen molar-refractivity contribution in [1.29, 1.82) is 0 Å². The highest BCUT2D eigenvalue weighted by Gasteiger charge is 2.40. The highest BCUT2D eigenvalue weighted by atomic mass is 14.9. The molecule has 3 aliphatic carbocycles. The average Bonchev–Trinajstić information content (AvgIpc) is 2.67. The van der Waals surface area contributed by atoms with Gasteiger partial charge in [-0.1, -0.05) is 109 Å². The summed E-state index contributed by atoms with van der Waals surface area (Å²) in [7, 11) is 0. The summed E-state index contributed by atoms with van der Waals surface area (Å²) in [6.45, 7) is 1.28. The van der Waals surface area contributed by atoms with Gasteiger partial charge in [0.25, 0.3) is 0 Å². The van der Waals surface area contributed by atoms with Crippen molar-refractivity contribution in [2.75, 3.05) is 6.54 Å². The maximum Gasteiger partial charge on any atom is 0.0178 e. The molecule has 3 saturated carbocycles. The minimum Gasteiger partial charge on any atom is -0.391 e. The summed E-state index contributed by atoms with van der Waals surface area (Å²) < 4.78 is 0. The monoisotopic (exact) mass is 413 g/mol. The van der Waals surface area contributed by atoms with Crippen LogP contribution in [0.25, 0.3) is 0 Å². The maximum absolute atomic E-state index is 3.89. The van der Waals surface area contributed by atoms with Crippen molar-refractivity contribution in [2.24, 2.45) is 29.6 Å².